The summed E-state index contributed by atoms with van der Waals surface area (Å²) >= 11 is 0. The van der Waals surface area contributed by atoms with Gasteiger partial charge in [-0.25, -0.2) is 19.2 Å². The number of methoxy groups -OCH3 is 2. The Balaban J connectivity index is 2.11. The van der Waals surface area contributed by atoms with Crippen molar-refractivity contribution in [2.75, 3.05) is 27.4 Å². The van der Waals surface area contributed by atoms with Crippen molar-refractivity contribution in [3.05, 3.63) is 132 Å². The van der Waals surface area contributed by atoms with Crippen LogP contribution in [0.25, 0.3) is 0 Å². The van der Waals surface area contributed by atoms with Crippen LogP contribution in [0.3, 0.4) is 0 Å². The largest absolute Gasteiger partial charge is 0.423 e. The predicted molar refractivity (Wildman–Crippen MR) is 185 cm³/mol. The third-order valence-electron chi connectivity index (χ3n) is 6.21. The highest BCUT2D eigenvalue weighted by Crippen LogP contribution is 2.30. The van der Waals surface area contributed by atoms with E-state index in [9.17, 15) is 19.2 Å². The van der Waals surface area contributed by atoms with Crippen LogP contribution < -0.4 is 18.9 Å². The average Bonchev–Trinajstić information content (AvgIpc) is 3.08. The van der Waals surface area contributed by atoms with Crippen LogP contribution in [-0.2, 0) is 28.7 Å². The van der Waals surface area contributed by atoms with Gasteiger partial charge >= 0.3 is 23.9 Å². The molecular weight excluding hydrogens is 640 g/mol. The lowest BCUT2D eigenvalue weighted by Crippen LogP contribution is -2.16. The SMILES string of the molecule is C=C(C)C(=O)Oc1ccc(C#Cc2cc(OC(=O)C(=C)COC)c(C#Cc3ccc(OC(=O)C(=C)C)cc3)cc2OC(=O)C(=C)COC)cc1. The summed E-state index contributed by atoms with van der Waals surface area (Å²) in [6.07, 6.45) is 0. The molecule has 10 heteroatoms. The van der Waals surface area contributed by atoms with Crippen LogP contribution >= 0.6 is 0 Å². The topological polar surface area (TPSA) is 124 Å². The van der Waals surface area contributed by atoms with Gasteiger partial charge in [-0.1, -0.05) is 50.0 Å². The Morgan fingerprint density at radius 1 is 0.520 bits per heavy atom. The molecule has 50 heavy (non-hydrogen) atoms. The Hall–Kier alpha value is -6.46. The fraction of sp³-hybridized carbons (Fsp3) is 0.150. The monoisotopic (exact) mass is 674 g/mol. The summed E-state index contributed by atoms with van der Waals surface area (Å²) in [4.78, 5) is 49.5. The second-order valence-electron chi connectivity index (χ2n) is 10.6. The Labute approximate surface area is 290 Å². The van der Waals surface area contributed by atoms with Crippen LogP contribution in [0.15, 0.2) is 109 Å². The van der Waals surface area contributed by atoms with Crippen LogP contribution in [0, 0.1) is 23.7 Å². The average molecular weight is 675 g/mol. The number of hydrogen-bond acceptors (Lipinski definition) is 10. The zero-order chi connectivity index (χ0) is 36.8. The molecule has 0 saturated carbocycles. The third-order valence-corrected chi connectivity index (χ3v) is 6.21. The number of rotatable bonds is 12. The summed E-state index contributed by atoms with van der Waals surface area (Å²) in [5.41, 5.74) is 1.95. The second kappa shape index (κ2) is 18.2. The Morgan fingerprint density at radius 3 is 1.16 bits per heavy atom. The molecule has 0 aliphatic heterocycles. The van der Waals surface area contributed by atoms with Crippen LogP contribution in [0.5, 0.6) is 23.0 Å². The van der Waals surface area contributed by atoms with Gasteiger partial charge in [0.15, 0.2) is 0 Å². The van der Waals surface area contributed by atoms with E-state index in [0.717, 1.165) is 0 Å². The molecule has 3 rings (SSSR count). The molecule has 0 aliphatic carbocycles. The van der Waals surface area contributed by atoms with Crippen molar-refractivity contribution >= 4 is 23.9 Å². The van der Waals surface area contributed by atoms with Crippen LogP contribution in [-0.4, -0.2) is 51.3 Å². The van der Waals surface area contributed by atoms with Crippen LogP contribution in [0.2, 0.25) is 0 Å². The maximum atomic E-state index is 12.9. The molecule has 0 atom stereocenters. The van der Waals surface area contributed by atoms with Gasteiger partial charge < -0.3 is 28.4 Å². The molecule has 0 spiro atoms. The number of esters is 4. The van der Waals surface area contributed by atoms with Crippen molar-refractivity contribution < 1.29 is 47.6 Å². The van der Waals surface area contributed by atoms with Gasteiger partial charge in [-0.2, -0.15) is 0 Å². The molecule has 3 aromatic carbocycles. The number of ether oxygens (including phenoxy) is 6. The molecule has 0 radical (unpaired) electrons. The molecule has 0 amide bonds. The summed E-state index contributed by atoms with van der Waals surface area (Å²) in [5.74, 6) is 9.68. The maximum absolute atomic E-state index is 12.9. The van der Waals surface area contributed by atoms with Gasteiger partial charge in [0.05, 0.1) is 35.5 Å². The Kier molecular flexibility index (Phi) is 13.8. The lowest BCUT2D eigenvalue weighted by atomic mass is 10.1. The summed E-state index contributed by atoms with van der Waals surface area (Å²) in [6, 6.07) is 15.5. The highest BCUT2D eigenvalue weighted by molar-refractivity contribution is 5.92. The first-order chi connectivity index (χ1) is 23.8. The lowest BCUT2D eigenvalue weighted by Gasteiger charge is -2.13. The van der Waals surface area contributed by atoms with Gasteiger partial charge in [0.25, 0.3) is 0 Å². The molecule has 0 unspecified atom stereocenters. The second-order valence-corrected chi connectivity index (χ2v) is 10.6. The molecular formula is C40H34O10. The number of carbonyl (C=O) groups is 4. The molecule has 0 bridgehead atoms. The third kappa shape index (κ3) is 11.4. The van der Waals surface area contributed by atoms with Crippen LogP contribution in [0.1, 0.15) is 36.1 Å². The van der Waals surface area contributed by atoms with Crippen molar-refractivity contribution in [3.8, 4) is 46.7 Å². The Morgan fingerprint density at radius 2 is 0.860 bits per heavy atom. The highest BCUT2D eigenvalue weighted by Gasteiger charge is 2.19. The van der Waals surface area contributed by atoms with Crippen molar-refractivity contribution in [2.24, 2.45) is 0 Å². The van der Waals surface area contributed by atoms with E-state index in [1.165, 1.54) is 40.2 Å². The van der Waals surface area contributed by atoms with Crippen molar-refractivity contribution in [3.63, 3.8) is 0 Å². The van der Waals surface area contributed by atoms with E-state index in [0.29, 0.717) is 22.6 Å². The van der Waals surface area contributed by atoms with Gasteiger partial charge in [0, 0.05) is 48.6 Å². The van der Waals surface area contributed by atoms with Crippen LogP contribution in [0.4, 0.5) is 0 Å². The molecule has 10 nitrogen and oxygen atoms in total. The fourth-order valence-corrected chi connectivity index (χ4v) is 3.61. The number of hydrogen-bond donors (Lipinski definition) is 0. The van der Waals surface area contributed by atoms with E-state index in [1.54, 1.807) is 48.5 Å². The van der Waals surface area contributed by atoms with E-state index in [1.807, 2.05) is 0 Å². The lowest BCUT2D eigenvalue weighted by molar-refractivity contribution is -0.131. The molecule has 0 aliphatic rings. The maximum Gasteiger partial charge on any atom is 0.341 e. The molecule has 0 N–H and O–H groups in total. The summed E-state index contributed by atoms with van der Waals surface area (Å²) < 4.78 is 31.8. The zero-order valence-electron chi connectivity index (χ0n) is 28.1. The van der Waals surface area contributed by atoms with E-state index in [4.69, 9.17) is 28.4 Å². The van der Waals surface area contributed by atoms with E-state index < -0.39 is 23.9 Å². The highest BCUT2D eigenvalue weighted by atomic mass is 16.6. The van der Waals surface area contributed by atoms with Crippen molar-refractivity contribution in [2.45, 2.75) is 13.8 Å². The van der Waals surface area contributed by atoms with E-state index >= 15 is 0 Å². The zero-order valence-corrected chi connectivity index (χ0v) is 28.1. The predicted octanol–water partition coefficient (Wildman–Crippen LogP) is 5.67. The van der Waals surface area contributed by atoms with E-state index in [-0.39, 0.29) is 58.1 Å². The molecule has 0 saturated heterocycles. The first-order valence-corrected chi connectivity index (χ1v) is 14.8. The molecule has 254 valence electrons. The minimum absolute atomic E-state index is 0.00589. The fourth-order valence-electron chi connectivity index (χ4n) is 3.61. The van der Waals surface area contributed by atoms with Crippen molar-refractivity contribution in [1.82, 2.24) is 0 Å². The van der Waals surface area contributed by atoms with Gasteiger partial charge in [-0.05, 0) is 62.4 Å². The summed E-state index contributed by atoms with van der Waals surface area (Å²) in [5, 5.41) is 0. The first-order valence-electron chi connectivity index (χ1n) is 14.8. The smallest absolute Gasteiger partial charge is 0.341 e. The summed E-state index contributed by atoms with van der Waals surface area (Å²) in [6.45, 7) is 17.4. The Bertz CT molecular complexity index is 1830. The van der Waals surface area contributed by atoms with Crippen molar-refractivity contribution in [1.29, 1.82) is 0 Å². The van der Waals surface area contributed by atoms with Gasteiger partial charge in [-0.15, -0.1) is 0 Å². The number of carbonyl (C=O) groups excluding carboxylic acids is 4. The van der Waals surface area contributed by atoms with Gasteiger partial charge in [0.2, 0.25) is 0 Å². The first kappa shape index (κ1) is 38.0. The quantitative estimate of drug-likeness (QED) is 0.103. The van der Waals surface area contributed by atoms with Gasteiger partial charge in [0.1, 0.15) is 23.0 Å². The summed E-state index contributed by atoms with van der Waals surface area (Å²) in [7, 11) is 2.82. The minimum Gasteiger partial charge on any atom is -0.423 e. The molecule has 3 aromatic rings. The van der Waals surface area contributed by atoms with E-state index in [2.05, 4.69) is 50.0 Å². The number of benzene rings is 3. The molecule has 0 heterocycles. The normalized spacial score (nSPS) is 9.84. The molecule has 0 fully saturated rings. The standard InChI is InChI=1S/C40H34O10/c1-25(2)37(41)47-33-17-11-29(12-18-33)9-15-31-21-36(50-40(44)28(6)24-46-8)32(22-35(31)49-39(43)27(5)23-45-7)16-10-30-13-19-34(20-14-30)48-38(42)26(3)4/h11-14,17-22H,1,3,5-6,23-24H2,2,4,7-8H3. The molecule has 0 aromatic heterocycles. The minimum atomic E-state index is -0.782. The van der Waals surface area contributed by atoms with Gasteiger partial charge in [-0.3, -0.25) is 0 Å².